The summed E-state index contributed by atoms with van der Waals surface area (Å²) in [5.74, 6) is 3.05. The fraction of sp³-hybridized carbons (Fsp3) is 0.167. The van der Waals surface area contributed by atoms with E-state index in [2.05, 4.69) is 27.4 Å². The molecule has 5 rings (SSSR count). The molecule has 0 radical (unpaired) electrons. The van der Waals surface area contributed by atoms with Crippen LogP contribution in [-0.4, -0.2) is 26.4 Å². The topological polar surface area (TPSA) is 61.5 Å². The number of aromatic nitrogens is 4. The number of benzene rings is 2. The Morgan fingerprint density at radius 3 is 2.73 bits per heavy atom. The zero-order chi connectivity index (χ0) is 17.3. The number of rotatable bonds is 4. The van der Waals surface area contributed by atoms with Gasteiger partial charge in [-0.1, -0.05) is 41.7 Å². The minimum Gasteiger partial charge on any atom is -0.485 e. The molecule has 1 aliphatic rings. The predicted molar refractivity (Wildman–Crippen MR) is 100.0 cm³/mol. The molecular formula is C18H14N4O2S2. The molecule has 0 saturated heterocycles. The molecule has 0 aliphatic carbocycles. The van der Waals surface area contributed by atoms with Gasteiger partial charge in [0.2, 0.25) is 4.96 Å². The van der Waals surface area contributed by atoms with E-state index in [0.29, 0.717) is 12.4 Å². The zero-order valence-electron chi connectivity index (χ0n) is 13.6. The van der Waals surface area contributed by atoms with Gasteiger partial charge in [-0.25, -0.2) is 0 Å². The minimum absolute atomic E-state index is 0.230. The van der Waals surface area contributed by atoms with Gasteiger partial charge in [0.05, 0.1) is 5.75 Å². The van der Waals surface area contributed by atoms with Crippen molar-refractivity contribution in [2.75, 3.05) is 6.61 Å². The van der Waals surface area contributed by atoms with Gasteiger partial charge in [0.1, 0.15) is 6.61 Å². The third-order valence-corrected chi connectivity index (χ3v) is 5.97. The number of nitrogens with zero attached hydrogens (tertiary/aromatic N) is 4. The Morgan fingerprint density at radius 1 is 1.04 bits per heavy atom. The lowest BCUT2D eigenvalue weighted by Gasteiger charge is -2.24. The summed E-state index contributed by atoms with van der Waals surface area (Å²) in [4.78, 5) is 1.96. The average molecular weight is 382 g/mol. The standard InChI is InChI=1S/C18H14N4O2S2/c1-2-6-12(7-3-1)25-11-16-19-20-18-22(16)21-17(26-18)15-10-23-13-8-4-5-9-14(13)24-15/h1-9,15H,10-11H2/t15-/m0/s1. The molecule has 0 amide bonds. The van der Waals surface area contributed by atoms with Crippen LogP contribution in [0.5, 0.6) is 11.5 Å². The molecule has 1 aliphatic heterocycles. The van der Waals surface area contributed by atoms with Gasteiger partial charge in [-0.15, -0.1) is 22.0 Å². The lowest BCUT2D eigenvalue weighted by molar-refractivity contribution is 0.0904. The van der Waals surface area contributed by atoms with Crippen LogP contribution >= 0.6 is 23.1 Å². The van der Waals surface area contributed by atoms with Gasteiger partial charge >= 0.3 is 0 Å². The van der Waals surface area contributed by atoms with Gasteiger partial charge in [-0.2, -0.15) is 9.61 Å². The van der Waals surface area contributed by atoms with Gasteiger partial charge in [0.15, 0.2) is 28.4 Å². The summed E-state index contributed by atoms with van der Waals surface area (Å²) < 4.78 is 13.6. The van der Waals surface area contributed by atoms with Crippen LogP contribution < -0.4 is 9.47 Å². The van der Waals surface area contributed by atoms with E-state index in [0.717, 1.165) is 27.3 Å². The van der Waals surface area contributed by atoms with Crippen LogP contribution in [0, 0.1) is 0 Å². The molecule has 26 heavy (non-hydrogen) atoms. The van der Waals surface area contributed by atoms with Crippen LogP contribution in [0.25, 0.3) is 4.96 Å². The van der Waals surface area contributed by atoms with E-state index in [9.17, 15) is 0 Å². The molecule has 2 aromatic carbocycles. The Balaban J connectivity index is 1.37. The highest BCUT2D eigenvalue weighted by Gasteiger charge is 2.26. The van der Waals surface area contributed by atoms with Crippen LogP contribution in [0.3, 0.4) is 0 Å². The largest absolute Gasteiger partial charge is 0.485 e. The van der Waals surface area contributed by atoms with Crippen LogP contribution in [0.2, 0.25) is 0 Å². The van der Waals surface area contributed by atoms with E-state index in [1.807, 2.05) is 42.5 Å². The van der Waals surface area contributed by atoms with Crippen LogP contribution in [0.4, 0.5) is 0 Å². The molecule has 0 bridgehead atoms. The van der Waals surface area contributed by atoms with E-state index in [1.165, 1.54) is 16.2 Å². The second-order valence-corrected chi connectivity index (χ2v) is 7.75. The molecule has 0 fully saturated rings. The molecule has 1 atom stereocenters. The van der Waals surface area contributed by atoms with Crippen molar-refractivity contribution in [1.29, 1.82) is 0 Å². The second kappa shape index (κ2) is 6.62. The van der Waals surface area contributed by atoms with E-state index < -0.39 is 0 Å². The Labute approximate surface area is 157 Å². The minimum atomic E-state index is -0.230. The highest BCUT2D eigenvalue weighted by molar-refractivity contribution is 7.98. The lowest BCUT2D eigenvalue weighted by Crippen LogP contribution is -2.21. The first-order valence-electron chi connectivity index (χ1n) is 8.14. The molecule has 6 nitrogen and oxygen atoms in total. The fourth-order valence-corrected chi connectivity index (χ4v) is 4.40. The monoisotopic (exact) mass is 382 g/mol. The van der Waals surface area contributed by atoms with Gasteiger partial charge < -0.3 is 9.47 Å². The quantitative estimate of drug-likeness (QED) is 0.497. The molecule has 0 spiro atoms. The molecule has 3 heterocycles. The molecule has 130 valence electrons. The number of hydrogen-bond acceptors (Lipinski definition) is 7. The van der Waals surface area contributed by atoms with Crippen molar-refractivity contribution in [3.8, 4) is 11.5 Å². The summed E-state index contributed by atoms with van der Waals surface area (Å²) in [6, 6.07) is 17.9. The van der Waals surface area contributed by atoms with Crippen molar-refractivity contribution < 1.29 is 9.47 Å². The average Bonchev–Trinajstić information content (AvgIpc) is 3.28. The third kappa shape index (κ3) is 2.91. The van der Waals surface area contributed by atoms with E-state index in [4.69, 9.17) is 9.47 Å². The van der Waals surface area contributed by atoms with E-state index in [1.54, 1.807) is 16.3 Å². The third-order valence-electron chi connectivity index (χ3n) is 3.97. The SMILES string of the molecule is c1ccc(SCc2nnc3sc([C@@H]4COc5ccccc5O4)nn23)cc1. The Bertz CT molecular complexity index is 1050. The number of hydrogen-bond donors (Lipinski definition) is 0. The highest BCUT2D eigenvalue weighted by Crippen LogP contribution is 2.37. The number of thioether (sulfide) groups is 1. The summed E-state index contributed by atoms with van der Waals surface area (Å²) in [5, 5.41) is 14.0. The first-order chi connectivity index (χ1) is 12.9. The smallest absolute Gasteiger partial charge is 0.234 e. The molecule has 2 aromatic heterocycles. The highest BCUT2D eigenvalue weighted by atomic mass is 32.2. The van der Waals surface area contributed by atoms with Crippen LogP contribution in [0.15, 0.2) is 59.5 Å². The molecule has 0 unspecified atom stereocenters. The van der Waals surface area contributed by atoms with Crippen molar-refractivity contribution >= 4 is 28.1 Å². The summed E-state index contributed by atoms with van der Waals surface area (Å²) in [6.07, 6.45) is -0.230. The summed E-state index contributed by atoms with van der Waals surface area (Å²) in [5.41, 5.74) is 0. The normalized spacial score (nSPS) is 16.1. The van der Waals surface area contributed by atoms with Crippen molar-refractivity contribution in [3.63, 3.8) is 0 Å². The van der Waals surface area contributed by atoms with Crippen molar-refractivity contribution in [3.05, 3.63) is 65.4 Å². The summed E-state index contributed by atoms with van der Waals surface area (Å²) in [6.45, 7) is 0.440. The van der Waals surface area contributed by atoms with Crippen LogP contribution in [0.1, 0.15) is 16.9 Å². The Kier molecular flexibility index (Phi) is 3.99. The van der Waals surface area contributed by atoms with Crippen LogP contribution in [-0.2, 0) is 5.75 Å². The predicted octanol–water partition coefficient (Wildman–Crippen LogP) is 3.99. The molecule has 4 aromatic rings. The van der Waals surface area contributed by atoms with Crippen molar-refractivity contribution in [2.24, 2.45) is 0 Å². The first kappa shape index (κ1) is 15.7. The zero-order valence-corrected chi connectivity index (χ0v) is 15.2. The fourth-order valence-electron chi connectivity index (χ4n) is 2.70. The summed E-state index contributed by atoms with van der Waals surface area (Å²) >= 11 is 3.20. The maximum Gasteiger partial charge on any atom is 0.234 e. The number of ether oxygens (including phenoxy) is 2. The number of fused-ring (bicyclic) bond motifs is 2. The van der Waals surface area contributed by atoms with Crippen molar-refractivity contribution in [1.82, 2.24) is 19.8 Å². The van der Waals surface area contributed by atoms with Gasteiger partial charge in [0.25, 0.3) is 0 Å². The molecule has 0 saturated carbocycles. The number of para-hydroxylation sites is 2. The van der Waals surface area contributed by atoms with Gasteiger partial charge in [-0.05, 0) is 24.3 Å². The molecule has 0 N–H and O–H groups in total. The van der Waals surface area contributed by atoms with E-state index in [-0.39, 0.29) is 6.10 Å². The molecular weight excluding hydrogens is 368 g/mol. The molecule has 8 heteroatoms. The van der Waals surface area contributed by atoms with Crippen molar-refractivity contribution in [2.45, 2.75) is 16.8 Å². The van der Waals surface area contributed by atoms with Gasteiger partial charge in [-0.3, -0.25) is 0 Å². The Hall–Kier alpha value is -2.58. The Morgan fingerprint density at radius 2 is 1.85 bits per heavy atom. The van der Waals surface area contributed by atoms with E-state index >= 15 is 0 Å². The first-order valence-corrected chi connectivity index (χ1v) is 9.94. The lowest BCUT2D eigenvalue weighted by atomic mass is 10.3. The second-order valence-electron chi connectivity index (χ2n) is 5.72. The van der Waals surface area contributed by atoms with Gasteiger partial charge in [0, 0.05) is 4.90 Å². The maximum absolute atomic E-state index is 6.04. The maximum atomic E-state index is 6.04. The summed E-state index contributed by atoms with van der Waals surface area (Å²) in [7, 11) is 0.